The van der Waals surface area contributed by atoms with Crippen molar-refractivity contribution < 1.29 is 75.8 Å². The number of phosphoric ester groups is 2. The summed E-state index contributed by atoms with van der Waals surface area (Å²) in [6.45, 7) is 2.28. The van der Waals surface area contributed by atoms with Crippen LogP contribution in [0, 0.1) is 0 Å². The molecule has 0 saturated heterocycles. The Hall–Kier alpha value is -5.35. The van der Waals surface area contributed by atoms with Gasteiger partial charge in [-0.25, -0.2) is 9.13 Å². The molecule has 0 aromatic rings. The van der Waals surface area contributed by atoms with E-state index in [4.69, 9.17) is 32.3 Å². The van der Waals surface area contributed by atoms with Crippen LogP contribution >= 0.6 is 15.6 Å². The summed E-state index contributed by atoms with van der Waals surface area (Å²) in [4.78, 5) is 58.7. The van der Waals surface area contributed by atoms with Crippen LogP contribution in [0.1, 0.15) is 303 Å². The zero-order valence-electron chi connectivity index (χ0n) is 66.5. The molecule has 18 heteroatoms. The zero-order chi connectivity index (χ0) is 78.0. The molecule has 0 aliphatic carbocycles. The Labute approximate surface area is 649 Å². The monoisotopic (exact) mass is 1530 g/mol. The highest BCUT2D eigenvalue weighted by molar-refractivity contribution is 7.47. The lowest BCUT2D eigenvalue weighted by Crippen LogP contribution is -2.30. The first-order valence-electron chi connectivity index (χ1n) is 41.1. The van der Waals surface area contributed by atoms with Crippen LogP contribution < -0.4 is 0 Å². The summed E-state index contributed by atoms with van der Waals surface area (Å²) in [5.41, 5.74) is 0. The van der Waals surface area contributed by atoms with Crippen molar-refractivity contribution in [2.75, 3.05) is 39.6 Å². The van der Waals surface area contributed by atoms with E-state index in [-0.39, 0.29) is 19.3 Å². The van der Waals surface area contributed by atoms with Gasteiger partial charge in [0.1, 0.15) is 25.4 Å². The third-order valence-corrected chi connectivity index (χ3v) is 18.5. The van der Waals surface area contributed by atoms with E-state index < -0.39 is 91.5 Å². The topological polar surface area (TPSA) is 231 Å². The van der Waals surface area contributed by atoms with Gasteiger partial charge in [0.15, 0.2) is 6.10 Å². The molecule has 0 spiro atoms. The van der Waals surface area contributed by atoms with Gasteiger partial charge in [0.2, 0.25) is 0 Å². The largest absolute Gasteiger partial charge is 0.472 e. The first kappa shape index (κ1) is 102. The van der Waals surface area contributed by atoms with E-state index in [1.165, 1.54) is 64.2 Å². The Bertz CT molecular complexity index is 2670. The highest BCUT2D eigenvalue weighted by Crippen LogP contribution is 2.45. The van der Waals surface area contributed by atoms with Crippen LogP contribution in [-0.4, -0.2) is 95.9 Å². The molecule has 608 valence electrons. The molecule has 0 bridgehead atoms. The maximum atomic E-state index is 13.0. The van der Waals surface area contributed by atoms with Gasteiger partial charge in [-0.15, -0.1) is 0 Å². The number of rotatable bonds is 76. The lowest BCUT2D eigenvalue weighted by Gasteiger charge is -2.21. The van der Waals surface area contributed by atoms with Gasteiger partial charge >= 0.3 is 33.6 Å². The van der Waals surface area contributed by atoms with E-state index >= 15 is 0 Å². The van der Waals surface area contributed by atoms with Crippen molar-refractivity contribution in [1.82, 2.24) is 0 Å². The second-order valence-electron chi connectivity index (χ2n) is 26.8. The van der Waals surface area contributed by atoms with Crippen molar-refractivity contribution in [2.45, 2.75) is 322 Å². The molecule has 0 aromatic heterocycles. The molecule has 5 unspecified atom stereocenters. The van der Waals surface area contributed by atoms with Crippen LogP contribution in [0.3, 0.4) is 0 Å². The van der Waals surface area contributed by atoms with Crippen molar-refractivity contribution in [3.63, 3.8) is 0 Å². The minimum atomic E-state index is -4.95. The van der Waals surface area contributed by atoms with E-state index in [1.54, 1.807) is 0 Å². The van der Waals surface area contributed by atoms with Gasteiger partial charge in [-0.05, 0) is 154 Å². The van der Waals surface area contributed by atoms with Gasteiger partial charge in [0.25, 0.3) is 0 Å². The number of aliphatic hydroxyl groups excluding tert-OH is 2. The van der Waals surface area contributed by atoms with Crippen LogP contribution in [-0.2, 0) is 55.8 Å². The predicted molar refractivity (Wildman–Crippen MR) is 445 cm³/mol. The van der Waals surface area contributed by atoms with Crippen LogP contribution in [0.25, 0.3) is 0 Å². The van der Waals surface area contributed by atoms with Crippen LogP contribution in [0.5, 0.6) is 0 Å². The molecule has 0 rings (SSSR count). The predicted octanol–water partition coefficient (Wildman–Crippen LogP) is 24.5. The molecule has 0 aliphatic heterocycles. The molecule has 0 aliphatic rings. The zero-order valence-corrected chi connectivity index (χ0v) is 68.3. The highest BCUT2D eigenvalue weighted by Gasteiger charge is 2.29. The maximum absolute atomic E-state index is 13.0. The van der Waals surface area contributed by atoms with Crippen molar-refractivity contribution in [3.8, 4) is 0 Å². The minimum Gasteiger partial charge on any atom is -0.463 e. The number of esters is 3. The van der Waals surface area contributed by atoms with E-state index in [1.807, 2.05) is 0 Å². The number of unbranched alkanes of at least 4 members (excludes halogenated alkanes) is 23. The van der Waals surface area contributed by atoms with Crippen LogP contribution in [0.4, 0.5) is 0 Å². The van der Waals surface area contributed by atoms with E-state index in [2.05, 4.69) is 203 Å². The summed E-state index contributed by atoms with van der Waals surface area (Å²) >= 11 is 0. The van der Waals surface area contributed by atoms with E-state index in [0.29, 0.717) is 19.3 Å². The number of hydrogen-bond acceptors (Lipinski definition) is 14. The summed E-state index contributed by atoms with van der Waals surface area (Å²) in [5, 5.41) is 20.7. The second-order valence-corrected chi connectivity index (χ2v) is 29.7. The van der Waals surface area contributed by atoms with Gasteiger partial charge < -0.3 is 34.2 Å². The van der Waals surface area contributed by atoms with Crippen molar-refractivity contribution >= 4 is 33.6 Å². The summed E-state index contributed by atoms with van der Waals surface area (Å²) in [6.07, 6.45) is 104. The number of phosphoric acid groups is 2. The van der Waals surface area contributed by atoms with Crippen molar-refractivity contribution in [3.05, 3.63) is 182 Å². The molecular weight excluding hydrogens is 1390 g/mol. The Kier molecular flexibility index (Phi) is 76.2. The average Bonchev–Trinajstić information content (AvgIpc) is 0.907. The standard InChI is InChI=1S/C89H146O16P2/c1-4-7-10-13-16-19-22-25-28-31-34-35-36-37-38-39-40-41-42-43-44-45-46-47-50-52-54-57-60-63-66-69-72-75-87(92)99-78-84(90)79-101-106(95,96)102-80-85(91)81-103-107(97,98)104-83-86(105-89(94)77-74-71-68-65-62-59-56-53-49-33-30-27-24-21-18-15-12-9-6-3)82-100-88(93)76-73-70-67-64-61-58-55-51-48-32-29-26-23-20-17-14-11-8-5-2/h7-12,16-21,25-30,34-35,37-38,40-41,48-49,51,53,58,61,84-86,90-91H,4-6,13-15,22-24,31-33,36,39,42-47,50,52,54-57,59-60,62-83H2,1-3H3,(H,95,96)(H,97,98)/b10-7-,11-8-,12-9-,19-16-,20-17-,21-18-,28-25-,29-26-,30-27-,35-34-,38-37-,41-40-,51-48-,53-49-,61-58-. The third kappa shape index (κ3) is 81.5. The number of carbonyl (C=O) groups excluding carboxylic acids is 3. The van der Waals surface area contributed by atoms with Crippen LogP contribution in [0.2, 0.25) is 0 Å². The molecule has 0 fully saturated rings. The fraction of sp³-hybridized carbons (Fsp3) is 0.629. The molecule has 0 amide bonds. The first-order valence-corrected chi connectivity index (χ1v) is 44.1. The highest BCUT2D eigenvalue weighted by atomic mass is 31.2. The van der Waals surface area contributed by atoms with Gasteiger partial charge in [-0.1, -0.05) is 312 Å². The van der Waals surface area contributed by atoms with E-state index in [9.17, 15) is 43.5 Å². The molecule has 0 radical (unpaired) electrons. The summed E-state index contributed by atoms with van der Waals surface area (Å²) in [5.74, 6) is -1.64. The Morgan fingerprint density at radius 2 is 0.467 bits per heavy atom. The quantitative estimate of drug-likeness (QED) is 0.0146. The lowest BCUT2D eigenvalue weighted by atomic mass is 10.0. The number of carbonyl (C=O) groups is 3. The Morgan fingerprint density at radius 3 is 0.748 bits per heavy atom. The first-order chi connectivity index (χ1) is 52.2. The average molecular weight is 1530 g/mol. The molecule has 0 aromatic carbocycles. The number of ether oxygens (including phenoxy) is 3. The summed E-state index contributed by atoms with van der Waals surface area (Å²) in [6, 6.07) is 0. The van der Waals surface area contributed by atoms with Gasteiger partial charge in [-0.3, -0.25) is 32.5 Å². The molecule has 107 heavy (non-hydrogen) atoms. The molecule has 16 nitrogen and oxygen atoms in total. The molecule has 4 N–H and O–H groups in total. The normalized spacial score (nSPS) is 14.9. The molecule has 0 heterocycles. The minimum absolute atomic E-state index is 0.0746. The van der Waals surface area contributed by atoms with Gasteiger partial charge in [0, 0.05) is 19.3 Å². The molecular formula is C89H146O16P2. The fourth-order valence-corrected chi connectivity index (χ4v) is 12.1. The summed E-state index contributed by atoms with van der Waals surface area (Å²) in [7, 11) is -9.82. The van der Waals surface area contributed by atoms with Crippen molar-refractivity contribution in [1.29, 1.82) is 0 Å². The number of aliphatic hydroxyl groups is 2. The number of allylic oxidation sites excluding steroid dienone is 30. The number of hydrogen-bond donors (Lipinski definition) is 4. The lowest BCUT2D eigenvalue weighted by molar-refractivity contribution is -0.161. The molecule has 0 saturated carbocycles. The van der Waals surface area contributed by atoms with Gasteiger partial charge in [0.05, 0.1) is 26.4 Å². The Balaban J connectivity index is 4.55. The fourth-order valence-electron chi connectivity index (χ4n) is 10.5. The van der Waals surface area contributed by atoms with Crippen molar-refractivity contribution in [2.24, 2.45) is 0 Å². The summed E-state index contributed by atoms with van der Waals surface area (Å²) < 4.78 is 61.2. The van der Waals surface area contributed by atoms with Crippen LogP contribution in [0.15, 0.2) is 182 Å². The Morgan fingerprint density at radius 1 is 0.262 bits per heavy atom. The SMILES string of the molecule is CC/C=C\C/C=C\C/C=C\C/C=C\C/C=C\C/C=C\CCCCCCCCCCCCCCCCC(=O)OCC(O)COP(=O)(O)OCC(O)COP(=O)(O)OCC(COC(=O)CCCCC/C=C\C/C=C\C/C=C\C/C=C\C/C=C\CC)OC(=O)CCCCCCCC/C=C\C/C=C\C/C=C\C/C=C\CC. The maximum Gasteiger partial charge on any atom is 0.472 e. The second kappa shape index (κ2) is 80.2. The smallest absolute Gasteiger partial charge is 0.463 e. The van der Waals surface area contributed by atoms with Gasteiger partial charge in [-0.2, -0.15) is 0 Å². The third-order valence-electron chi connectivity index (χ3n) is 16.6. The molecule has 5 atom stereocenters. The van der Waals surface area contributed by atoms with E-state index in [0.717, 1.165) is 180 Å².